The zero-order valence-electron chi connectivity index (χ0n) is 5.26. The van der Waals surface area contributed by atoms with Gasteiger partial charge in [0.2, 0.25) is 0 Å². The Morgan fingerprint density at radius 3 is 3.00 bits per heavy atom. The van der Waals surface area contributed by atoms with Crippen LogP contribution in [0.4, 0.5) is 5.13 Å². The summed E-state index contributed by atoms with van der Waals surface area (Å²) >= 11 is 1.30. The molecule has 0 atom stereocenters. The van der Waals surface area contributed by atoms with E-state index in [4.69, 9.17) is 5.73 Å². The maximum Gasteiger partial charge on any atom is 0.180 e. The van der Waals surface area contributed by atoms with E-state index in [0.29, 0.717) is 11.6 Å². The lowest BCUT2D eigenvalue weighted by Gasteiger charge is -1.80. The normalized spacial score (nSPS) is 15.8. The van der Waals surface area contributed by atoms with Crippen LogP contribution in [-0.4, -0.2) is 10.8 Å². The number of hydrogen-bond donors (Lipinski definition) is 1. The average Bonchev–Trinajstić information content (AvgIpc) is 2.35. The van der Waals surface area contributed by atoms with Crippen molar-refractivity contribution in [1.82, 2.24) is 4.98 Å². The second kappa shape index (κ2) is 1.79. The second-order valence-electron chi connectivity index (χ2n) is 2.25. The summed E-state index contributed by atoms with van der Waals surface area (Å²) < 4.78 is 0. The molecule has 2 rings (SSSR count). The summed E-state index contributed by atoms with van der Waals surface area (Å²) in [6, 6.07) is 0. The highest BCUT2D eigenvalue weighted by Crippen LogP contribution is 2.28. The molecule has 1 aromatic rings. The first-order valence-electron chi connectivity index (χ1n) is 3.06. The Kier molecular flexibility index (Phi) is 1.05. The Balaban J connectivity index is 2.59. The molecule has 0 unspecified atom stereocenters. The third-order valence-corrected chi connectivity index (χ3v) is 2.52. The van der Waals surface area contributed by atoms with Gasteiger partial charge in [-0.3, -0.25) is 4.79 Å². The quantitative estimate of drug-likeness (QED) is 0.602. The summed E-state index contributed by atoms with van der Waals surface area (Å²) in [6.07, 6.45) is 1.40. The van der Waals surface area contributed by atoms with E-state index in [9.17, 15) is 4.79 Å². The molecule has 0 radical (unpaired) electrons. The van der Waals surface area contributed by atoms with E-state index in [1.807, 2.05) is 0 Å². The van der Waals surface area contributed by atoms with Crippen LogP contribution >= 0.6 is 11.3 Å². The van der Waals surface area contributed by atoms with E-state index >= 15 is 0 Å². The van der Waals surface area contributed by atoms with Gasteiger partial charge in [-0.25, -0.2) is 4.98 Å². The van der Waals surface area contributed by atoms with E-state index in [1.165, 1.54) is 11.3 Å². The van der Waals surface area contributed by atoms with Crippen molar-refractivity contribution in [1.29, 1.82) is 0 Å². The van der Waals surface area contributed by atoms with Crippen molar-refractivity contribution in [3.8, 4) is 0 Å². The minimum Gasteiger partial charge on any atom is -0.375 e. The SMILES string of the molecule is Nc1nc2c(s1)C(=O)CC2. The van der Waals surface area contributed by atoms with Crippen molar-refractivity contribution in [3.63, 3.8) is 0 Å². The average molecular weight is 154 g/mol. The molecule has 0 aromatic carbocycles. The van der Waals surface area contributed by atoms with Gasteiger partial charge in [0.15, 0.2) is 10.9 Å². The fourth-order valence-corrected chi connectivity index (χ4v) is 1.95. The van der Waals surface area contributed by atoms with Gasteiger partial charge in [0.25, 0.3) is 0 Å². The monoisotopic (exact) mass is 154 g/mol. The van der Waals surface area contributed by atoms with Crippen molar-refractivity contribution in [3.05, 3.63) is 10.6 Å². The van der Waals surface area contributed by atoms with Crippen LogP contribution in [-0.2, 0) is 6.42 Å². The van der Waals surface area contributed by atoms with Crippen LogP contribution in [0.3, 0.4) is 0 Å². The summed E-state index contributed by atoms with van der Waals surface area (Å²) in [6.45, 7) is 0. The first kappa shape index (κ1) is 5.85. The predicted molar refractivity (Wildman–Crippen MR) is 39.2 cm³/mol. The smallest absolute Gasteiger partial charge is 0.180 e. The van der Waals surface area contributed by atoms with Gasteiger partial charge in [0.05, 0.1) is 10.6 Å². The lowest BCUT2D eigenvalue weighted by molar-refractivity contribution is 0.0998. The Bertz CT molecular complexity index is 292. The highest BCUT2D eigenvalue weighted by molar-refractivity contribution is 7.17. The maximum absolute atomic E-state index is 11.0. The van der Waals surface area contributed by atoms with Crippen LogP contribution < -0.4 is 5.73 Å². The molecule has 0 aliphatic heterocycles. The van der Waals surface area contributed by atoms with Gasteiger partial charge in [0, 0.05) is 6.42 Å². The van der Waals surface area contributed by atoms with Gasteiger partial charge in [-0.1, -0.05) is 11.3 Å². The van der Waals surface area contributed by atoms with E-state index in [0.717, 1.165) is 17.0 Å². The number of Topliss-reactive ketones (excluding diaryl/α,β-unsaturated/α-hetero) is 1. The number of nitrogen functional groups attached to an aromatic ring is 1. The molecule has 1 aliphatic rings. The number of ketones is 1. The number of aryl methyl sites for hydroxylation is 1. The van der Waals surface area contributed by atoms with Gasteiger partial charge < -0.3 is 5.73 Å². The molecule has 10 heavy (non-hydrogen) atoms. The minimum absolute atomic E-state index is 0.198. The molecule has 1 aromatic heterocycles. The van der Waals surface area contributed by atoms with E-state index in [-0.39, 0.29) is 5.78 Å². The zero-order chi connectivity index (χ0) is 7.14. The fourth-order valence-electron chi connectivity index (χ4n) is 1.10. The lowest BCUT2D eigenvalue weighted by atomic mass is 10.3. The Morgan fingerprint density at radius 2 is 2.30 bits per heavy atom. The second-order valence-corrected chi connectivity index (χ2v) is 3.28. The highest BCUT2D eigenvalue weighted by Gasteiger charge is 2.23. The zero-order valence-corrected chi connectivity index (χ0v) is 6.07. The Hall–Kier alpha value is -0.900. The van der Waals surface area contributed by atoms with E-state index in [1.54, 1.807) is 0 Å². The fraction of sp³-hybridized carbons (Fsp3) is 0.333. The number of hydrogen-bond acceptors (Lipinski definition) is 4. The van der Waals surface area contributed by atoms with Crippen LogP contribution in [0.1, 0.15) is 21.8 Å². The number of nitrogens with zero attached hydrogens (tertiary/aromatic N) is 1. The van der Waals surface area contributed by atoms with Crippen molar-refractivity contribution < 1.29 is 4.79 Å². The van der Waals surface area contributed by atoms with Gasteiger partial charge in [0.1, 0.15) is 0 Å². The largest absolute Gasteiger partial charge is 0.375 e. The van der Waals surface area contributed by atoms with E-state index < -0.39 is 0 Å². The van der Waals surface area contributed by atoms with Crippen molar-refractivity contribution >= 4 is 22.3 Å². The van der Waals surface area contributed by atoms with Crippen molar-refractivity contribution in [2.75, 3.05) is 5.73 Å². The maximum atomic E-state index is 11.0. The Morgan fingerprint density at radius 1 is 1.50 bits per heavy atom. The summed E-state index contributed by atoms with van der Waals surface area (Å²) in [7, 11) is 0. The van der Waals surface area contributed by atoms with E-state index in [2.05, 4.69) is 4.98 Å². The standard InChI is InChI=1S/C6H6N2OS/c7-6-8-3-1-2-4(9)5(3)10-6/h1-2H2,(H2,7,8). The number of rotatable bonds is 0. The molecular formula is C6H6N2OS. The number of carbonyl (C=O) groups excluding carboxylic acids is 1. The summed E-state index contributed by atoms with van der Waals surface area (Å²) in [5.74, 6) is 0.198. The summed E-state index contributed by atoms with van der Waals surface area (Å²) in [5.41, 5.74) is 6.30. The molecule has 0 bridgehead atoms. The number of aromatic nitrogens is 1. The molecule has 0 saturated heterocycles. The third-order valence-electron chi connectivity index (χ3n) is 1.56. The molecular weight excluding hydrogens is 148 g/mol. The van der Waals surface area contributed by atoms with Gasteiger partial charge in [-0.2, -0.15) is 0 Å². The molecule has 2 N–H and O–H groups in total. The molecule has 0 spiro atoms. The number of anilines is 1. The highest BCUT2D eigenvalue weighted by atomic mass is 32.1. The van der Waals surface area contributed by atoms with Crippen LogP contribution in [0.5, 0.6) is 0 Å². The lowest BCUT2D eigenvalue weighted by Crippen LogP contribution is -1.86. The summed E-state index contributed by atoms with van der Waals surface area (Å²) in [5, 5.41) is 0.512. The molecule has 0 amide bonds. The van der Waals surface area contributed by atoms with Gasteiger partial charge in [-0.15, -0.1) is 0 Å². The molecule has 52 valence electrons. The predicted octanol–water partition coefficient (Wildman–Crippen LogP) is 0.854. The molecule has 4 heteroatoms. The van der Waals surface area contributed by atoms with Gasteiger partial charge in [-0.05, 0) is 6.42 Å². The molecule has 1 heterocycles. The van der Waals surface area contributed by atoms with Crippen LogP contribution in [0.2, 0.25) is 0 Å². The molecule has 3 nitrogen and oxygen atoms in total. The molecule has 1 aliphatic carbocycles. The minimum atomic E-state index is 0.198. The van der Waals surface area contributed by atoms with Crippen molar-refractivity contribution in [2.45, 2.75) is 12.8 Å². The number of thiazole rings is 1. The molecule has 0 fully saturated rings. The van der Waals surface area contributed by atoms with Gasteiger partial charge >= 0.3 is 0 Å². The first-order chi connectivity index (χ1) is 4.77. The number of nitrogens with two attached hydrogens (primary N) is 1. The third kappa shape index (κ3) is 0.654. The number of fused-ring (bicyclic) bond motifs is 1. The van der Waals surface area contributed by atoms with Crippen molar-refractivity contribution in [2.24, 2.45) is 0 Å². The molecule has 0 saturated carbocycles. The van der Waals surface area contributed by atoms with Crippen LogP contribution in [0, 0.1) is 0 Å². The first-order valence-corrected chi connectivity index (χ1v) is 3.87. The van der Waals surface area contributed by atoms with Crippen LogP contribution in [0.15, 0.2) is 0 Å². The summed E-state index contributed by atoms with van der Waals surface area (Å²) in [4.78, 5) is 15.8. The topological polar surface area (TPSA) is 56.0 Å². The Labute approximate surface area is 61.9 Å². The van der Waals surface area contributed by atoms with Crippen LogP contribution in [0.25, 0.3) is 0 Å². The number of carbonyl (C=O) groups is 1.